The van der Waals surface area contributed by atoms with Crippen molar-refractivity contribution in [2.24, 2.45) is 5.92 Å². The molecule has 0 heterocycles. The van der Waals surface area contributed by atoms with Gasteiger partial charge in [0.15, 0.2) is 0 Å². The van der Waals surface area contributed by atoms with Gasteiger partial charge in [0.25, 0.3) is 0 Å². The third kappa shape index (κ3) is 8.78. The number of nitrogens with one attached hydrogen (secondary N) is 2. The highest BCUT2D eigenvalue weighted by Gasteiger charge is 2.13. The normalized spacial score (nSPS) is 12.7. The summed E-state index contributed by atoms with van der Waals surface area (Å²) in [7, 11) is -3.54. The summed E-state index contributed by atoms with van der Waals surface area (Å²) < 4.78 is 32.7. The van der Waals surface area contributed by atoms with Crippen LogP contribution in [0.3, 0.4) is 0 Å². The van der Waals surface area contributed by atoms with E-state index >= 15 is 0 Å². The lowest BCUT2D eigenvalue weighted by atomic mass is 10.0. The predicted molar refractivity (Wildman–Crippen MR) is 105 cm³/mol. The van der Waals surface area contributed by atoms with Gasteiger partial charge >= 0.3 is 0 Å². The van der Waals surface area contributed by atoms with Gasteiger partial charge in [0, 0.05) is 32.4 Å². The summed E-state index contributed by atoms with van der Waals surface area (Å²) in [6.45, 7) is 7.39. The van der Waals surface area contributed by atoms with Gasteiger partial charge in [-0.15, -0.1) is 0 Å². The molecule has 0 bridgehead atoms. The van der Waals surface area contributed by atoms with E-state index < -0.39 is 10.0 Å². The van der Waals surface area contributed by atoms with Crippen LogP contribution in [0.1, 0.15) is 52.9 Å². The molecular formula is C19H32N2O4S. The van der Waals surface area contributed by atoms with Crippen molar-refractivity contribution in [3.63, 3.8) is 0 Å². The zero-order chi connectivity index (χ0) is 19.4. The number of carbonyl (C=O) groups is 1. The number of ether oxygens (including phenoxy) is 1. The van der Waals surface area contributed by atoms with Gasteiger partial charge in [-0.2, -0.15) is 0 Å². The van der Waals surface area contributed by atoms with E-state index in [0.717, 1.165) is 13.0 Å². The van der Waals surface area contributed by atoms with Crippen LogP contribution in [-0.2, 0) is 19.6 Å². The lowest BCUT2D eigenvalue weighted by molar-refractivity contribution is -0.114. The second-order valence-corrected chi connectivity index (χ2v) is 8.22. The molecule has 0 aliphatic carbocycles. The molecule has 0 saturated carbocycles. The Morgan fingerprint density at radius 3 is 2.42 bits per heavy atom. The van der Waals surface area contributed by atoms with Crippen LogP contribution in [0, 0.1) is 5.92 Å². The highest BCUT2D eigenvalue weighted by atomic mass is 32.2. The third-order valence-electron chi connectivity index (χ3n) is 4.14. The third-order valence-corrected chi connectivity index (χ3v) is 5.62. The fraction of sp³-hybridized carbons (Fsp3) is 0.632. The maximum absolute atomic E-state index is 12.2. The number of amides is 1. The monoisotopic (exact) mass is 384 g/mol. The Balaban J connectivity index is 2.32. The molecule has 1 aromatic carbocycles. The Hall–Kier alpha value is -1.44. The highest BCUT2D eigenvalue weighted by Crippen LogP contribution is 2.14. The van der Waals surface area contributed by atoms with Gasteiger partial charge in [0.1, 0.15) is 0 Å². The van der Waals surface area contributed by atoms with E-state index in [1.54, 1.807) is 12.1 Å². The largest absolute Gasteiger partial charge is 0.381 e. The van der Waals surface area contributed by atoms with Crippen molar-refractivity contribution in [3.05, 3.63) is 24.3 Å². The zero-order valence-corrected chi connectivity index (χ0v) is 16.9. The molecule has 1 amide bonds. The second kappa shape index (κ2) is 12.0. The summed E-state index contributed by atoms with van der Waals surface area (Å²) in [4.78, 5) is 11.2. The second-order valence-electron chi connectivity index (χ2n) is 6.45. The Morgan fingerprint density at radius 2 is 1.85 bits per heavy atom. The van der Waals surface area contributed by atoms with E-state index in [4.69, 9.17) is 4.74 Å². The Kier molecular flexibility index (Phi) is 10.5. The molecule has 1 atom stereocenters. The number of hydrogen-bond acceptors (Lipinski definition) is 4. The van der Waals surface area contributed by atoms with E-state index in [9.17, 15) is 13.2 Å². The molecule has 0 fully saturated rings. The smallest absolute Gasteiger partial charge is 0.240 e. The quantitative estimate of drug-likeness (QED) is 0.509. The Bertz CT molecular complexity index is 629. The first-order valence-corrected chi connectivity index (χ1v) is 10.8. The first-order valence-electron chi connectivity index (χ1n) is 9.34. The van der Waals surface area contributed by atoms with Crippen LogP contribution in [0.15, 0.2) is 29.2 Å². The van der Waals surface area contributed by atoms with Crippen molar-refractivity contribution in [2.45, 2.75) is 57.8 Å². The number of rotatable bonds is 13. The summed E-state index contributed by atoms with van der Waals surface area (Å²) in [5.41, 5.74) is 0.568. The number of sulfonamides is 1. The molecule has 148 valence electrons. The number of benzene rings is 1. The lowest BCUT2D eigenvalue weighted by Crippen LogP contribution is -2.25. The average molecular weight is 385 g/mol. The van der Waals surface area contributed by atoms with Crippen LogP contribution in [-0.4, -0.2) is 34.1 Å². The summed E-state index contributed by atoms with van der Waals surface area (Å²) >= 11 is 0. The van der Waals surface area contributed by atoms with E-state index in [1.807, 2.05) is 0 Å². The fourth-order valence-corrected chi connectivity index (χ4v) is 3.61. The minimum atomic E-state index is -3.54. The average Bonchev–Trinajstić information content (AvgIpc) is 2.60. The maximum Gasteiger partial charge on any atom is 0.240 e. The minimum absolute atomic E-state index is 0.179. The molecule has 2 N–H and O–H groups in total. The van der Waals surface area contributed by atoms with Crippen molar-refractivity contribution in [1.82, 2.24) is 4.72 Å². The molecule has 0 spiro atoms. The molecule has 0 aromatic heterocycles. The predicted octanol–water partition coefficient (Wildman–Crippen LogP) is 3.55. The minimum Gasteiger partial charge on any atom is -0.381 e. The molecule has 26 heavy (non-hydrogen) atoms. The number of unbranched alkanes of at least 4 members (excludes halogenated alkanes) is 1. The molecule has 0 radical (unpaired) electrons. The van der Waals surface area contributed by atoms with Gasteiger partial charge in [-0.1, -0.05) is 33.1 Å². The van der Waals surface area contributed by atoms with Crippen LogP contribution < -0.4 is 10.0 Å². The molecular weight excluding hydrogens is 352 g/mol. The van der Waals surface area contributed by atoms with E-state index in [2.05, 4.69) is 23.9 Å². The van der Waals surface area contributed by atoms with Crippen molar-refractivity contribution >= 4 is 21.6 Å². The van der Waals surface area contributed by atoms with Gasteiger partial charge in [0.2, 0.25) is 15.9 Å². The number of anilines is 1. The van der Waals surface area contributed by atoms with Gasteiger partial charge in [-0.25, -0.2) is 13.1 Å². The summed E-state index contributed by atoms with van der Waals surface area (Å²) in [5.74, 6) is 0.396. The van der Waals surface area contributed by atoms with Crippen LogP contribution in [0.5, 0.6) is 0 Å². The molecule has 1 unspecified atom stereocenters. The van der Waals surface area contributed by atoms with Crippen LogP contribution in [0.25, 0.3) is 0 Å². The van der Waals surface area contributed by atoms with Crippen LogP contribution >= 0.6 is 0 Å². The summed E-state index contributed by atoms with van der Waals surface area (Å²) in [6, 6.07) is 6.09. The number of hydrogen-bond donors (Lipinski definition) is 2. The highest BCUT2D eigenvalue weighted by molar-refractivity contribution is 7.89. The van der Waals surface area contributed by atoms with Gasteiger partial charge in [0.05, 0.1) is 4.90 Å². The lowest BCUT2D eigenvalue weighted by Gasteiger charge is -2.14. The standard InChI is InChI=1S/C19H32N2O4S/c1-4-6-8-17(5-2)15-25-14-7-13-20-26(23,24)19-11-9-18(10-12-19)21-16(3)22/h9-12,17,20H,4-8,13-15H2,1-3H3,(H,21,22). The van der Waals surface area contributed by atoms with Crippen molar-refractivity contribution in [1.29, 1.82) is 0 Å². The molecule has 6 nitrogen and oxygen atoms in total. The van der Waals surface area contributed by atoms with Crippen LogP contribution in [0.2, 0.25) is 0 Å². The first kappa shape index (κ1) is 22.6. The van der Waals surface area contributed by atoms with Crippen molar-refractivity contribution < 1.29 is 17.9 Å². The van der Waals surface area contributed by atoms with Gasteiger partial charge in [-0.05, 0) is 43.0 Å². The molecule has 7 heteroatoms. The summed E-state index contributed by atoms with van der Waals surface area (Å²) in [5, 5.41) is 2.61. The van der Waals surface area contributed by atoms with Gasteiger partial charge in [-0.3, -0.25) is 4.79 Å². The maximum atomic E-state index is 12.2. The SMILES string of the molecule is CCCCC(CC)COCCCNS(=O)(=O)c1ccc(NC(C)=O)cc1. The first-order chi connectivity index (χ1) is 12.4. The molecule has 0 aliphatic heterocycles. The Labute approximate surface area is 157 Å². The topological polar surface area (TPSA) is 84.5 Å². The van der Waals surface area contributed by atoms with Crippen LogP contribution in [0.4, 0.5) is 5.69 Å². The van der Waals surface area contributed by atoms with E-state index in [1.165, 1.54) is 38.3 Å². The molecule has 0 aliphatic rings. The molecule has 0 saturated heterocycles. The number of carbonyl (C=O) groups excluding carboxylic acids is 1. The van der Waals surface area contributed by atoms with E-state index in [0.29, 0.717) is 31.2 Å². The van der Waals surface area contributed by atoms with Crippen molar-refractivity contribution in [3.8, 4) is 0 Å². The fourth-order valence-electron chi connectivity index (χ4n) is 2.53. The van der Waals surface area contributed by atoms with Crippen molar-refractivity contribution in [2.75, 3.05) is 25.1 Å². The molecule has 1 rings (SSSR count). The van der Waals surface area contributed by atoms with Gasteiger partial charge < -0.3 is 10.1 Å². The summed E-state index contributed by atoms with van der Waals surface area (Å²) in [6.07, 6.45) is 5.36. The Morgan fingerprint density at radius 1 is 1.15 bits per heavy atom. The van der Waals surface area contributed by atoms with E-state index in [-0.39, 0.29) is 10.8 Å². The molecule has 1 aromatic rings. The zero-order valence-electron chi connectivity index (χ0n) is 16.1.